The van der Waals surface area contributed by atoms with Crippen molar-refractivity contribution >= 4 is 29.4 Å². The molecule has 6 heteroatoms. The average Bonchev–Trinajstić information content (AvgIpc) is 3.28. The molecule has 1 aliphatic rings. The lowest BCUT2D eigenvalue weighted by molar-refractivity contribution is -0.117. The van der Waals surface area contributed by atoms with Gasteiger partial charge in [0.25, 0.3) is 0 Å². The lowest BCUT2D eigenvalue weighted by Gasteiger charge is -2.15. The molecular formula is C19H17NO5. The fourth-order valence-electron chi connectivity index (χ4n) is 2.63. The van der Waals surface area contributed by atoms with Crippen molar-refractivity contribution < 1.29 is 23.5 Å². The fourth-order valence-corrected chi connectivity index (χ4v) is 2.63. The van der Waals surface area contributed by atoms with E-state index in [9.17, 15) is 14.4 Å². The highest BCUT2D eigenvalue weighted by Gasteiger charge is 2.21. The highest BCUT2D eigenvalue weighted by Crippen LogP contribution is 2.22. The molecule has 0 spiro atoms. The van der Waals surface area contributed by atoms with Crippen LogP contribution in [0.3, 0.4) is 0 Å². The van der Waals surface area contributed by atoms with Gasteiger partial charge in [0.1, 0.15) is 5.76 Å². The van der Waals surface area contributed by atoms with E-state index in [0.717, 1.165) is 12.1 Å². The predicted octanol–water partition coefficient (Wildman–Crippen LogP) is 3.09. The lowest BCUT2D eigenvalue weighted by atomic mass is 10.1. The van der Waals surface area contributed by atoms with E-state index in [0.29, 0.717) is 24.3 Å². The Morgan fingerprint density at radius 2 is 1.92 bits per heavy atom. The molecule has 3 rings (SSSR count). The number of hydrogen-bond acceptors (Lipinski definition) is 5. The molecule has 128 valence electrons. The molecule has 0 unspecified atom stereocenters. The molecule has 1 aromatic heterocycles. The van der Waals surface area contributed by atoms with Gasteiger partial charge in [0, 0.05) is 24.2 Å². The lowest BCUT2D eigenvalue weighted by Crippen LogP contribution is -2.23. The number of amides is 1. The van der Waals surface area contributed by atoms with Gasteiger partial charge in [-0.2, -0.15) is 0 Å². The molecule has 0 atom stereocenters. The van der Waals surface area contributed by atoms with E-state index in [1.165, 1.54) is 25.3 Å². The number of furan rings is 1. The van der Waals surface area contributed by atoms with Crippen molar-refractivity contribution in [3.63, 3.8) is 0 Å². The summed E-state index contributed by atoms with van der Waals surface area (Å²) in [4.78, 5) is 37.0. The van der Waals surface area contributed by atoms with Crippen molar-refractivity contribution in [2.45, 2.75) is 12.8 Å². The maximum absolute atomic E-state index is 12.2. The zero-order valence-electron chi connectivity index (χ0n) is 13.7. The first-order valence-electron chi connectivity index (χ1n) is 7.89. The van der Waals surface area contributed by atoms with Gasteiger partial charge in [-0.25, -0.2) is 4.79 Å². The molecule has 25 heavy (non-hydrogen) atoms. The van der Waals surface area contributed by atoms with Crippen LogP contribution in [0.25, 0.3) is 6.08 Å². The predicted molar refractivity (Wildman–Crippen MR) is 91.4 cm³/mol. The molecular weight excluding hydrogens is 322 g/mol. The second kappa shape index (κ2) is 7.17. The standard InChI is InChI=1S/C19H17NO5/c1-24-19(23)17-11-9-15(25-17)8-10-16(21)13-4-6-14(7-5-13)20-12-2-3-18(20)22/h4-11H,2-3,12H2,1H3. The van der Waals surface area contributed by atoms with Gasteiger partial charge in [0.15, 0.2) is 5.78 Å². The summed E-state index contributed by atoms with van der Waals surface area (Å²) in [6.45, 7) is 0.715. The topological polar surface area (TPSA) is 76.8 Å². The van der Waals surface area contributed by atoms with E-state index in [2.05, 4.69) is 4.74 Å². The summed E-state index contributed by atoms with van der Waals surface area (Å²) in [5.41, 5.74) is 1.31. The van der Waals surface area contributed by atoms with Crippen LogP contribution in [0.5, 0.6) is 0 Å². The summed E-state index contributed by atoms with van der Waals surface area (Å²) in [7, 11) is 1.27. The third kappa shape index (κ3) is 3.68. The third-order valence-electron chi connectivity index (χ3n) is 3.95. The quantitative estimate of drug-likeness (QED) is 0.475. The number of hydrogen-bond donors (Lipinski definition) is 0. The van der Waals surface area contributed by atoms with Gasteiger partial charge in [0.05, 0.1) is 7.11 Å². The van der Waals surface area contributed by atoms with Gasteiger partial charge < -0.3 is 14.1 Å². The number of ketones is 1. The Bertz CT molecular complexity index is 832. The number of carbonyl (C=O) groups excluding carboxylic acids is 3. The van der Waals surface area contributed by atoms with Gasteiger partial charge in [-0.1, -0.05) is 0 Å². The highest BCUT2D eigenvalue weighted by molar-refractivity contribution is 6.07. The monoisotopic (exact) mass is 339 g/mol. The van der Waals surface area contributed by atoms with E-state index in [-0.39, 0.29) is 17.5 Å². The Kier molecular flexibility index (Phi) is 4.79. The maximum atomic E-state index is 12.2. The molecule has 2 heterocycles. The van der Waals surface area contributed by atoms with Crippen LogP contribution in [-0.2, 0) is 9.53 Å². The molecule has 1 fully saturated rings. The second-order valence-electron chi connectivity index (χ2n) is 5.59. The van der Waals surface area contributed by atoms with Crippen LogP contribution >= 0.6 is 0 Å². The number of anilines is 1. The first-order valence-corrected chi connectivity index (χ1v) is 7.89. The van der Waals surface area contributed by atoms with E-state index >= 15 is 0 Å². The first kappa shape index (κ1) is 16.7. The first-order chi connectivity index (χ1) is 12.1. The number of benzene rings is 1. The van der Waals surface area contributed by atoms with Crippen LogP contribution in [0.1, 0.15) is 39.5 Å². The molecule has 0 aliphatic carbocycles. The molecule has 2 aromatic rings. The van der Waals surface area contributed by atoms with Gasteiger partial charge in [-0.3, -0.25) is 9.59 Å². The van der Waals surface area contributed by atoms with E-state index in [1.807, 2.05) is 0 Å². The van der Waals surface area contributed by atoms with Crippen molar-refractivity contribution in [3.05, 3.63) is 59.6 Å². The summed E-state index contributed by atoms with van der Waals surface area (Å²) in [5, 5.41) is 0. The molecule has 0 N–H and O–H groups in total. The van der Waals surface area contributed by atoms with E-state index in [4.69, 9.17) is 4.42 Å². The number of esters is 1. The number of methoxy groups -OCH3 is 1. The molecule has 1 amide bonds. The number of nitrogens with zero attached hydrogens (tertiary/aromatic N) is 1. The van der Waals surface area contributed by atoms with Crippen molar-refractivity contribution in [1.29, 1.82) is 0 Å². The molecule has 1 aromatic carbocycles. The average molecular weight is 339 g/mol. The summed E-state index contributed by atoms with van der Waals surface area (Å²) < 4.78 is 9.82. The summed E-state index contributed by atoms with van der Waals surface area (Å²) in [5.74, 6) is -0.200. The number of carbonyl (C=O) groups is 3. The Hall–Kier alpha value is -3.15. The van der Waals surface area contributed by atoms with Gasteiger partial charge in [0.2, 0.25) is 11.7 Å². The Morgan fingerprint density at radius 3 is 2.56 bits per heavy atom. The summed E-state index contributed by atoms with van der Waals surface area (Å²) in [6.07, 6.45) is 4.29. The molecule has 1 aliphatic heterocycles. The van der Waals surface area contributed by atoms with E-state index < -0.39 is 5.97 Å². The third-order valence-corrected chi connectivity index (χ3v) is 3.95. The minimum Gasteiger partial charge on any atom is -0.463 e. The van der Waals surface area contributed by atoms with Crippen molar-refractivity contribution in [3.8, 4) is 0 Å². The molecule has 1 saturated heterocycles. The van der Waals surface area contributed by atoms with Crippen LogP contribution in [0.4, 0.5) is 5.69 Å². The molecule has 0 saturated carbocycles. The minimum atomic E-state index is -0.571. The van der Waals surface area contributed by atoms with Gasteiger partial charge >= 0.3 is 5.97 Å². The number of ether oxygens (including phenoxy) is 1. The van der Waals surface area contributed by atoms with Crippen LogP contribution < -0.4 is 4.90 Å². The van der Waals surface area contributed by atoms with Crippen LogP contribution in [0.2, 0.25) is 0 Å². The highest BCUT2D eigenvalue weighted by atomic mass is 16.5. The van der Waals surface area contributed by atoms with Gasteiger partial charge in [-0.05, 0) is 55.0 Å². The van der Waals surface area contributed by atoms with E-state index in [1.54, 1.807) is 35.2 Å². The number of rotatable bonds is 5. The summed E-state index contributed by atoms with van der Waals surface area (Å²) >= 11 is 0. The Balaban J connectivity index is 1.67. The zero-order valence-corrected chi connectivity index (χ0v) is 13.7. The second-order valence-corrected chi connectivity index (χ2v) is 5.59. The minimum absolute atomic E-state index is 0.0780. The maximum Gasteiger partial charge on any atom is 0.373 e. The van der Waals surface area contributed by atoms with Crippen molar-refractivity contribution in [2.24, 2.45) is 0 Å². The van der Waals surface area contributed by atoms with Crippen molar-refractivity contribution in [2.75, 3.05) is 18.6 Å². The SMILES string of the molecule is COC(=O)c1ccc(C=CC(=O)c2ccc(N3CCCC3=O)cc2)o1. The number of allylic oxidation sites excluding steroid dienone is 1. The van der Waals surface area contributed by atoms with Crippen LogP contribution in [-0.4, -0.2) is 31.3 Å². The van der Waals surface area contributed by atoms with Crippen molar-refractivity contribution in [1.82, 2.24) is 0 Å². The summed E-state index contributed by atoms with van der Waals surface area (Å²) in [6, 6.07) is 9.99. The fraction of sp³-hybridized carbons (Fsp3) is 0.211. The van der Waals surface area contributed by atoms with Gasteiger partial charge in [-0.15, -0.1) is 0 Å². The normalized spacial score (nSPS) is 14.3. The molecule has 0 radical (unpaired) electrons. The Labute approximate surface area is 144 Å². The van der Waals surface area contributed by atoms with Crippen LogP contribution in [0, 0.1) is 0 Å². The molecule has 0 bridgehead atoms. The Morgan fingerprint density at radius 1 is 1.16 bits per heavy atom. The zero-order chi connectivity index (χ0) is 17.8. The smallest absolute Gasteiger partial charge is 0.373 e. The van der Waals surface area contributed by atoms with Crippen LogP contribution in [0.15, 0.2) is 46.9 Å². The largest absolute Gasteiger partial charge is 0.463 e. The molecule has 6 nitrogen and oxygen atoms in total.